The van der Waals surface area contributed by atoms with Crippen molar-refractivity contribution in [2.45, 2.75) is 32.2 Å². The maximum atomic E-state index is 6.06. The van der Waals surface area contributed by atoms with Gasteiger partial charge in [-0.1, -0.05) is 6.07 Å². The quantitative estimate of drug-likeness (QED) is 0.729. The summed E-state index contributed by atoms with van der Waals surface area (Å²) in [5.74, 6) is 0. The molecule has 2 rings (SSSR count). The molecule has 0 aromatic heterocycles. The average Bonchev–Trinajstić information content (AvgIpc) is 2.09. The predicted molar refractivity (Wildman–Crippen MR) is 63.8 cm³/mol. The Morgan fingerprint density at radius 3 is 3.00 bits per heavy atom. The first-order chi connectivity index (χ1) is 6.18. The van der Waals surface area contributed by atoms with E-state index < -0.39 is 0 Å². The van der Waals surface area contributed by atoms with Crippen LogP contribution in [0.5, 0.6) is 0 Å². The lowest BCUT2D eigenvalue weighted by molar-refractivity contribution is 0.569. The summed E-state index contributed by atoms with van der Waals surface area (Å²) in [7, 11) is 0. The molecule has 0 bridgehead atoms. The smallest absolute Gasteiger partial charge is 0.0298 e. The van der Waals surface area contributed by atoms with Crippen molar-refractivity contribution in [1.29, 1.82) is 0 Å². The van der Waals surface area contributed by atoms with Crippen LogP contribution in [0.4, 0.5) is 0 Å². The Hall–Kier alpha value is -0.0900. The van der Waals surface area contributed by atoms with Gasteiger partial charge < -0.3 is 5.73 Å². The Balaban J connectivity index is 2.52. The molecule has 1 aromatic carbocycles. The Labute approximate surface area is 92.9 Å². The highest BCUT2D eigenvalue weighted by Crippen LogP contribution is 2.30. The van der Waals surface area contributed by atoms with Crippen molar-refractivity contribution in [3.8, 4) is 0 Å². The number of aryl methyl sites for hydroxylation is 2. The maximum absolute atomic E-state index is 6.06. The van der Waals surface area contributed by atoms with Crippen LogP contribution in [0, 0.1) is 10.5 Å². The highest BCUT2D eigenvalue weighted by molar-refractivity contribution is 14.1. The van der Waals surface area contributed by atoms with E-state index in [9.17, 15) is 0 Å². The third kappa shape index (κ3) is 1.74. The lowest BCUT2D eigenvalue weighted by atomic mass is 9.87. The van der Waals surface area contributed by atoms with Crippen LogP contribution in [-0.4, -0.2) is 0 Å². The van der Waals surface area contributed by atoms with Gasteiger partial charge in [0.1, 0.15) is 0 Å². The molecule has 70 valence electrons. The van der Waals surface area contributed by atoms with Gasteiger partial charge in [0.25, 0.3) is 0 Å². The van der Waals surface area contributed by atoms with Gasteiger partial charge in [0.05, 0.1) is 0 Å². The van der Waals surface area contributed by atoms with Crippen molar-refractivity contribution in [3.05, 3.63) is 32.4 Å². The second kappa shape index (κ2) is 3.58. The number of benzene rings is 1. The highest BCUT2D eigenvalue weighted by Gasteiger charge is 2.17. The number of nitrogens with two attached hydrogens (primary N) is 1. The van der Waals surface area contributed by atoms with E-state index in [-0.39, 0.29) is 6.04 Å². The molecule has 0 aliphatic heterocycles. The van der Waals surface area contributed by atoms with Gasteiger partial charge >= 0.3 is 0 Å². The molecule has 1 aromatic rings. The molecule has 2 heteroatoms. The van der Waals surface area contributed by atoms with Crippen LogP contribution in [0.25, 0.3) is 0 Å². The molecule has 0 spiro atoms. The minimum Gasteiger partial charge on any atom is -0.324 e. The molecule has 13 heavy (non-hydrogen) atoms. The summed E-state index contributed by atoms with van der Waals surface area (Å²) in [4.78, 5) is 0. The summed E-state index contributed by atoms with van der Waals surface area (Å²) >= 11 is 2.38. The Morgan fingerprint density at radius 1 is 1.46 bits per heavy atom. The van der Waals surface area contributed by atoms with Crippen LogP contribution < -0.4 is 5.73 Å². The topological polar surface area (TPSA) is 26.0 Å². The van der Waals surface area contributed by atoms with Crippen LogP contribution in [0.3, 0.4) is 0 Å². The molecular weight excluding hydrogens is 273 g/mol. The summed E-state index contributed by atoms with van der Waals surface area (Å²) in [6.45, 7) is 2.17. The molecule has 1 nitrogen and oxygen atoms in total. The SMILES string of the molecule is Cc1cc2c(cc1I)[C@@H](N)CCC2. The second-order valence-corrected chi connectivity index (χ2v) is 4.96. The van der Waals surface area contributed by atoms with E-state index in [0.717, 1.165) is 6.42 Å². The van der Waals surface area contributed by atoms with Gasteiger partial charge in [0, 0.05) is 9.61 Å². The van der Waals surface area contributed by atoms with E-state index in [4.69, 9.17) is 5.73 Å². The average molecular weight is 287 g/mol. The van der Waals surface area contributed by atoms with E-state index >= 15 is 0 Å². The van der Waals surface area contributed by atoms with Crippen LogP contribution in [0.1, 0.15) is 35.6 Å². The molecular formula is C11H14IN. The van der Waals surface area contributed by atoms with Crippen LogP contribution in [-0.2, 0) is 6.42 Å². The van der Waals surface area contributed by atoms with Crippen molar-refractivity contribution < 1.29 is 0 Å². The lowest BCUT2D eigenvalue weighted by Gasteiger charge is -2.23. The van der Waals surface area contributed by atoms with Gasteiger partial charge in [-0.2, -0.15) is 0 Å². The zero-order valence-electron chi connectivity index (χ0n) is 7.81. The number of fused-ring (bicyclic) bond motifs is 1. The van der Waals surface area contributed by atoms with Crippen molar-refractivity contribution in [3.63, 3.8) is 0 Å². The van der Waals surface area contributed by atoms with Gasteiger partial charge in [-0.25, -0.2) is 0 Å². The van der Waals surface area contributed by atoms with E-state index in [0.29, 0.717) is 0 Å². The largest absolute Gasteiger partial charge is 0.324 e. The molecule has 0 heterocycles. The number of hydrogen-bond acceptors (Lipinski definition) is 1. The summed E-state index contributed by atoms with van der Waals surface area (Å²) in [6, 6.07) is 4.84. The first-order valence-electron chi connectivity index (χ1n) is 4.73. The molecule has 1 aliphatic carbocycles. The summed E-state index contributed by atoms with van der Waals surface area (Å²) in [6.07, 6.45) is 3.60. The fraction of sp³-hybridized carbons (Fsp3) is 0.455. The summed E-state index contributed by atoms with van der Waals surface area (Å²) in [5.41, 5.74) is 10.3. The number of hydrogen-bond donors (Lipinski definition) is 1. The molecule has 1 atom stereocenters. The van der Waals surface area contributed by atoms with Gasteiger partial charge in [-0.3, -0.25) is 0 Å². The monoisotopic (exact) mass is 287 g/mol. The minimum absolute atomic E-state index is 0.276. The van der Waals surface area contributed by atoms with E-state index in [1.54, 1.807) is 0 Å². The molecule has 0 radical (unpaired) electrons. The Kier molecular flexibility index (Phi) is 2.60. The van der Waals surface area contributed by atoms with Crippen molar-refractivity contribution in [2.24, 2.45) is 5.73 Å². The van der Waals surface area contributed by atoms with Crippen molar-refractivity contribution >= 4 is 22.6 Å². The Bertz CT molecular complexity index is 333. The zero-order valence-corrected chi connectivity index (χ0v) is 9.97. The molecule has 0 unspecified atom stereocenters. The maximum Gasteiger partial charge on any atom is 0.0298 e. The molecule has 0 amide bonds. The fourth-order valence-corrected chi connectivity index (χ4v) is 2.48. The van der Waals surface area contributed by atoms with Gasteiger partial charge in [0.2, 0.25) is 0 Å². The molecule has 2 N–H and O–H groups in total. The fourth-order valence-electron chi connectivity index (χ4n) is 1.99. The van der Waals surface area contributed by atoms with Gasteiger partial charge in [-0.15, -0.1) is 0 Å². The molecule has 1 aliphatic rings. The Morgan fingerprint density at radius 2 is 2.23 bits per heavy atom. The summed E-state index contributed by atoms with van der Waals surface area (Å²) in [5, 5.41) is 0. The minimum atomic E-state index is 0.276. The van der Waals surface area contributed by atoms with E-state index in [2.05, 4.69) is 41.6 Å². The normalized spacial score (nSPS) is 21.3. The highest BCUT2D eigenvalue weighted by atomic mass is 127. The lowest BCUT2D eigenvalue weighted by Crippen LogP contribution is -2.17. The van der Waals surface area contributed by atoms with Gasteiger partial charge in [-0.05, 0) is 71.5 Å². The van der Waals surface area contributed by atoms with Gasteiger partial charge in [0.15, 0.2) is 0 Å². The zero-order chi connectivity index (χ0) is 9.42. The van der Waals surface area contributed by atoms with E-state index in [1.807, 2.05) is 0 Å². The summed E-state index contributed by atoms with van der Waals surface area (Å²) < 4.78 is 1.34. The first-order valence-corrected chi connectivity index (χ1v) is 5.81. The number of rotatable bonds is 0. The third-order valence-corrected chi connectivity index (χ3v) is 3.94. The van der Waals surface area contributed by atoms with Crippen molar-refractivity contribution in [2.75, 3.05) is 0 Å². The second-order valence-electron chi connectivity index (χ2n) is 3.80. The van der Waals surface area contributed by atoms with Crippen LogP contribution in [0.2, 0.25) is 0 Å². The van der Waals surface area contributed by atoms with Crippen LogP contribution in [0.15, 0.2) is 12.1 Å². The third-order valence-electron chi connectivity index (χ3n) is 2.78. The first kappa shape index (κ1) is 9.46. The molecule has 0 fully saturated rings. The molecule has 0 saturated carbocycles. The predicted octanol–water partition coefficient (Wildman–Crippen LogP) is 2.94. The molecule has 0 saturated heterocycles. The van der Waals surface area contributed by atoms with E-state index in [1.165, 1.54) is 33.1 Å². The standard InChI is InChI=1S/C11H14IN/c1-7-5-8-3-2-4-11(13)9(8)6-10(7)12/h5-6,11H,2-4,13H2,1H3/t11-/m0/s1. The number of halogens is 1. The van der Waals surface area contributed by atoms with Crippen molar-refractivity contribution in [1.82, 2.24) is 0 Å². The van der Waals surface area contributed by atoms with Crippen LogP contribution >= 0.6 is 22.6 Å².